The van der Waals surface area contributed by atoms with Crippen LogP contribution < -0.4 is 5.73 Å². The smallest absolute Gasteiger partial charge is 0.236 e. The molecule has 5 nitrogen and oxygen atoms in total. The summed E-state index contributed by atoms with van der Waals surface area (Å²) in [6, 6.07) is 9.82. The molecule has 0 heterocycles. The van der Waals surface area contributed by atoms with E-state index in [1.165, 1.54) is 0 Å². The van der Waals surface area contributed by atoms with E-state index in [1.54, 1.807) is 11.8 Å². The van der Waals surface area contributed by atoms with Crippen molar-refractivity contribution in [3.05, 3.63) is 35.9 Å². The van der Waals surface area contributed by atoms with Crippen LogP contribution in [0.2, 0.25) is 0 Å². The molecule has 0 fully saturated rings. The number of carbonyl (C=O) groups excluding carboxylic acids is 1. The number of hydrogen-bond donors (Lipinski definition) is 2. The van der Waals surface area contributed by atoms with Gasteiger partial charge in [0.25, 0.3) is 0 Å². The summed E-state index contributed by atoms with van der Waals surface area (Å²) >= 11 is 0. The Hall–Kier alpha value is -2.04. The molecule has 0 saturated heterocycles. The van der Waals surface area contributed by atoms with Gasteiger partial charge in [-0.25, -0.2) is 0 Å². The molecule has 0 aliphatic rings. The predicted octanol–water partition coefficient (Wildman–Crippen LogP) is 2.59. The average Bonchev–Trinajstić information content (AvgIpc) is 2.50. The Morgan fingerprint density at radius 2 is 1.95 bits per heavy atom. The molecule has 0 bridgehead atoms. The summed E-state index contributed by atoms with van der Waals surface area (Å²) in [5, 5.41) is 12.0. The lowest BCUT2D eigenvalue weighted by Crippen LogP contribution is -2.51. The summed E-state index contributed by atoms with van der Waals surface area (Å²) in [5.41, 5.74) is 5.81. The Kier molecular flexibility index (Phi) is 5.76. The minimum absolute atomic E-state index is 0.0232. The van der Waals surface area contributed by atoms with Crippen molar-refractivity contribution < 1.29 is 10.0 Å². The highest BCUT2D eigenvalue weighted by Gasteiger charge is 2.40. The first-order valence-corrected chi connectivity index (χ1v) is 7.19. The lowest BCUT2D eigenvalue weighted by molar-refractivity contribution is -0.140. The number of carbonyl (C=O) groups is 1. The Morgan fingerprint density at radius 3 is 2.38 bits per heavy atom. The number of nitrogens with zero attached hydrogens (tertiary/aromatic N) is 2. The summed E-state index contributed by atoms with van der Waals surface area (Å²) in [6.45, 7) is 8.00. The van der Waals surface area contributed by atoms with Crippen molar-refractivity contribution in [3.8, 4) is 0 Å². The third-order valence-corrected chi connectivity index (χ3v) is 3.93. The lowest BCUT2D eigenvalue weighted by Gasteiger charge is -2.35. The third kappa shape index (κ3) is 3.74. The molecule has 1 aromatic rings. The molecule has 1 unspecified atom stereocenters. The quantitative estimate of drug-likeness (QED) is 0.366. The first kappa shape index (κ1) is 17.0. The zero-order valence-corrected chi connectivity index (χ0v) is 13.2. The van der Waals surface area contributed by atoms with E-state index >= 15 is 0 Å². The summed E-state index contributed by atoms with van der Waals surface area (Å²) < 4.78 is 0. The molecule has 0 radical (unpaired) electrons. The van der Waals surface area contributed by atoms with E-state index in [1.807, 2.05) is 51.1 Å². The first-order valence-electron chi connectivity index (χ1n) is 7.19. The van der Waals surface area contributed by atoms with Gasteiger partial charge in [0.2, 0.25) is 5.91 Å². The van der Waals surface area contributed by atoms with E-state index in [-0.39, 0.29) is 17.8 Å². The molecule has 1 atom stereocenters. The van der Waals surface area contributed by atoms with Crippen molar-refractivity contribution in [2.75, 3.05) is 0 Å². The number of benzene rings is 1. The second kappa shape index (κ2) is 7.11. The first-order chi connectivity index (χ1) is 9.86. The predicted molar refractivity (Wildman–Crippen MR) is 83.9 cm³/mol. The SMILES string of the molecule is CCC(C)(C(=O)N(Cc1ccccc1)C(C)C)/C(N)=N/O. The van der Waals surface area contributed by atoms with Gasteiger partial charge in [0, 0.05) is 12.6 Å². The lowest BCUT2D eigenvalue weighted by atomic mass is 9.84. The molecule has 0 aliphatic heterocycles. The maximum Gasteiger partial charge on any atom is 0.236 e. The van der Waals surface area contributed by atoms with Gasteiger partial charge in [-0.1, -0.05) is 42.4 Å². The van der Waals surface area contributed by atoms with Crippen LogP contribution in [-0.2, 0) is 11.3 Å². The van der Waals surface area contributed by atoms with Gasteiger partial charge in [-0.05, 0) is 32.8 Å². The van der Waals surface area contributed by atoms with Gasteiger partial charge < -0.3 is 15.8 Å². The maximum atomic E-state index is 12.9. The minimum atomic E-state index is -0.992. The van der Waals surface area contributed by atoms with Crippen LogP contribution in [0.25, 0.3) is 0 Å². The zero-order chi connectivity index (χ0) is 16.0. The van der Waals surface area contributed by atoms with E-state index in [9.17, 15) is 4.79 Å². The zero-order valence-electron chi connectivity index (χ0n) is 13.2. The molecular weight excluding hydrogens is 266 g/mol. The summed E-state index contributed by atoms with van der Waals surface area (Å²) in [6.07, 6.45) is 0.472. The summed E-state index contributed by atoms with van der Waals surface area (Å²) in [7, 11) is 0. The third-order valence-electron chi connectivity index (χ3n) is 3.93. The highest BCUT2D eigenvalue weighted by molar-refractivity contribution is 6.06. The summed E-state index contributed by atoms with van der Waals surface area (Å²) in [4.78, 5) is 14.7. The highest BCUT2D eigenvalue weighted by atomic mass is 16.4. The molecule has 0 spiro atoms. The molecule has 21 heavy (non-hydrogen) atoms. The van der Waals surface area contributed by atoms with Gasteiger partial charge in [-0.2, -0.15) is 0 Å². The van der Waals surface area contributed by atoms with Crippen LogP contribution in [0.3, 0.4) is 0 Å². The van der Waals surface area contributed by atoms with Gasteiger partial charge in [0.05, 0.1) is 0 Å². The second-order valence-electron chi connectivity index (χ2n) is 5.68. The van der Waals surface area contributed by atoms with Crippen LogP contribution in [-0.4, -0.2) is 27.9 Å². The normalized spacial score (nSPS) is 14.8. The Bertz CT molecular complexity index is 500. The van der Waals surface area contributed by atoms with Crippen LogP contribution in [0.4, 0.5) is 0 Å². The Morgan fingerprint density at radius 1 is 1.38 bits per heavy atom. The van der Waals surface area contributed by atoms with E-state index in [2.05, 4.69) is 5.16 Å². The van der Waals surface area contributed by atoms with Crippen molar-refractivity contribution in [1.29, 1.82) is 0 Å². The maximum absolute atomic E-state index is 12.9. The van der Waals surface area contributed by atoms with Crippen LogP contribution >= 0.6 is 0 Å². The van der Waals surface area contributed by atoms with Crippen LogP contribution in [0.15, 0.2) is 35.5 Å². The van der Waals surface area contributed by atoms with Crippen molar-refractivity contribution in [2.45, 2.75) is 46.7 Å². The van der Waals surface area contributed by atoms with Crippen molar-refractivity contribution in [3.63, 3.8) is 0 Å². The molecular formula is C16H25N3O2. The molecule has 1 rings (SSSR count). The standard InChI is InChI=1S/C16H25N3O2/c1-5-16(4,14(17)18-21)15(20)19(12(2)3)11-13-9-7-6-8-10-13/h6-10,12,21H,5,11H2,1-4H3,(H2,17,18). The second-order valence-corrected chi connectivity index (χ2v) is 5.68. The van der Waals surface area contributed by atoms with Crippen LogP contribution in [0.5, 0.6) is 0 Å². The van der Waals surface area contributed by atoms with Gasteiger partial charge in [0.1, 0.15) is 5.41 Å². The van der Waals surface area contributed by atoms with Crippen molar-refractivity contribution in [1.82, 2.24) is 4.90 Å². The number of nitrogens with two attached hydrogens (primary N) is 1. The Labute approximate surface area is 126 Å². The van der Waals surface area contributed by atoms with E-state index in [0.717, 1.165) is 5.56 Å². The molecule has 3 N–H and O–H groups in total. The van der Waals surface area contributed by atoms with Gasteiger partial charge in [-0.15, -0.1) is 0 Å². The molecule has 0 saturated carbocycles. The number of rotatable bonds is 6. The largest absolute Gasteiger partial charge is 0.409 e. The molecule has 116 valence electrons. The molecule has 1 aromatic carbocycles. The molecule has 0 aliphatic carbocycles. The van der Waals surface area contributed by atoms with Crippen LogP contribution in [0, 0.1) is 5.41 Å². The fourth-order valence-electron chi connectivity index (χ4n) is 2.14. The van der Waals surface area contributed by atoms with Gasteiger partial charge in [-0.3, -0.25) is 4.79 Å². The van der Waals surface area contributed by atoms with E-state index in [4.69, 9.17) is 10.9 Å². The number of amides is 1. The fourth-order valence-corrected chi connectivity index (χ4v) is 2.14. The molecule has 0 aromatic heterocycles. The van der Waals surface area contributed by atoms with E-state index in [0.29, 0.717) is 13.0 Å². The number of hydrogen-bond acceptors (Lipinski definition) is 3. The monoisotopic (exact) mass is 291 g/mol. The average molecular weight is 291 g/mol. The summed E-state index contributed by atoms with van der Waals surface area (Å²) in [5.74, 6) is -0.173. The molecule has 5 heteroatoms. The topological polar surface area (TPSA) is 78.9 Å². The number of oxime groups is 1. The van der Waals surface area contributed by atoms with Crippen molar-refractivity contribution in [2.24, 2.45) is 16.3 Å². The van der Waals surface area contributed by atoms with Crippen molar-refractivity contribution >= 4 is 11.7 Å². The fraction of sp³-hybridized carbons (Fsp3) is 0.500. The molecule has 1 amide bonds. The minimum Gasteiger partial charge on any atom is -0.409 e. The van der Waals surface area contributed by atoms with Gasteiger partial charge in [0.15, 0.2) is 5.84 Å². The van der Waals surface area contributed by atoms with Crippen LogP contribution in [0.1, 0.15) is 39.7 Å². The Balaban J connectivity index is 3.08. The van der Waals surface area contributed by atoms with E-state index < -0.39 is 5.41 Å². The highest BCUT2D eigenvalue weighted by Crippen LogP contribution is 2.26. The number of amidine groups is 1. The van der Waals surface area contributed by atoms with Gasteiger partial charge >= 0.3 is 0 Å².